The molecule has 0 atom stereocenters. The number of hydrogen-bond donors (Lipinski definition) is 0. The van der Waals surface area contributed by atoms with E-state index in [0.717, 1.165) is 38.5 Å². The molecule has 35 heavy (non-hydrogen) atoms. The van der Waals surface area contributed by atoms with Gasteiger partial charge in [-0.2, -0.15) is 16.8 Å². The highest BCUT2D eigenvalue weighted by Crippen LogP contribution is 2.16. The lowest BCUT2D eigenvalue weighted by molar-refractivity contribution is 0.480. The Kier molecular flexibility index (Phi) is 13.8. The lowest BCUT2D eigenvalue weighted by atomic mass is 10.0. The van der Waals surface area contributed by atoms with Crippen LogP contribution in [0.3, 0.4) is 0 Å². The Morgan fingerprint density at radius 2 is 0.657 bits per heavy atom. The van der Waals surface area contributed by atoms with Gasteiger partial charge in [-0.1, -0.05) is 107 Å². The van der Waals surface area contributed by atoms with E-state index in [0.29, 0.717) is 24.3 Å². The number of para-hydroxylation sites is 2. The molecule has 2 aromatic carbocycles. The highest BCUT2D eigenvalue weighted by atomic mass is 32.2. The first-order valence-corrected chi connectivity index (χ1v) is 16.0. The summed E-state index contributed by atoms with van der Waals surface area (Å²) in [6, 6.07) is 17.2. The number of unbranched alkanes of at least 4 members (excludes halogenated alkanes) is 12. The van der Waals surface area contributed by atoms with Crippen LogP contribution >= 0.6 is 0 Å². The van der Waals surface area contributed by atoms with Gasteiger partial charge in [0.15, 0.2) is 0 Å². The summed E-state index contributed by atoms with van der Waals surface area (Å²) in [7, 11) is -7.01. The van der Waals surface area contributed by atoms with Crippen LogP contribution in [0, 0.1) is 0 Å². The predicted molar refractivity (Wildman–Crippen MR) is 142 cm³/mol. The summed E-state index contributed by atoms with van der Waals surface area (Å²) in [5.41, 5.74) is 0. The first kappa shape index (κ1) is 29.2. The quantitative estimate of drug-likeness (QED) is 0.139. The molecule has 0 bridgehead atoms. The second-order valence-corrected chi connectivity index (χ2v) is 12.3. The summed E-state index contributed by atoms with van der Waals surface area (Å²) in [4.78, 5) is 0. The standard InChI is InChI=1S/C27H40O6S2/c28-34(29,32-26-20-14-12-15-21-26)24-18-10-8-6-4-2-1-3-5-7-9-11-19-25-35(30,31)33-27-22-16-13-17-23-27/h12-17,20-23H,1-11,18-19,24-25H2. The monoisotopic (exact) mass is 524 g/mol. The van der Waals surface area contributed by atoms with Crippen molar-refractivity contribution in [1.82, 2.24) is 0 Å². The Hall–Kier alpha value is -2.06. The molecule has 0 radical (unpaired) electrons. The summed E-state index contributed by atoms with van der Waals surface area (Å²) in [5, 5.41) is 0. The first-order chi connectivity index (χ1) is 16.9. The molecular formula is C27H40O6S2. The molecule has 0 unspecified atom stereocenters. The van der Waals surface area contributed by atoms with Crippen LogP contribution in [-0.2, 0) is 20.2 Å². The molecule has 0 amide bonds. The van der Waals surface area contributed by atoms with Crippen LogP contribution in [0.15, 0.2) is 60.7 Å². The average Bonchev–Trinajstić information content (AvgIpc) is 2.82. The van der Waals surface area contributed by atoms with Crippen molar-refractivity contribution in [3.63, 3.8) is 0 Å². The molecule has 0 aliphatic rings. The lowest BCUT2D eigenvalue weighted by Gasteiger charge is -2.07. The number of benzene rings is 2. The van der Waals surface area contributed by atoms with E-state index in [4.69, 9.17) is 8.37 Å². The maximum absolute atomic E-state index is 12.0. The zero-order valence-electron chi connectivity index (χ0n) is 20.6. The summed E-state index contributed by atoms with van der Waals surface area (Å²) >= 11 is 0. The van der Waals surface area contributed by atoms with E-state index in [9.17, 15) is 16.8 Å². The van der Waals surface area contributed by atoms with Crippen LogP contribution in [0.25, 0.3) is 0 Å². The van der Waals surface area contributed by atoms with Crippen molar-refractivity contribution in [2.45, 2.75) is 83.5 Å². The molecule has 0 aromatic heterocycles. The Morgan fingerprint density at radius 3 is 0.943 bits per heavy atom. The lowest BCUT2D eigenvalue weighted by Crippen LogP contribution is -2.13. The zero-order chi connectivity index (χ0) is 25.2. The Bertz CT molecular complexity index is 923. The highest BCUT2D eigenvalue weighted by Gasteiger charge is 2.13. The fourth-order valence-electron chi connectivity index (χ4n) is 3.83. The molecule has 8 heteroatoms. The number of hydrogen-bond acceptors (Lipinski definition) is 6. The second-order valence-electron chi connectivity index (χ2n) is 8.91. The highest BCUT2D eigenvalue weighted by molar-refractivity contribution is 7.87. The van der Waals surface area contributed by atoms with E-state index in [1.165, 1.54) is 32.1 Å². The summed E-state index contributed by atoms with van der Waals surface area (Å²) in [6.07, 6.45) is 13.5. The SMILES string of the molecule is O=S(=O)(CCCCCCCCCCCCCCCS(=O)(=O)Oc1ccccc1)Oc1ccccc1. The zero-order valence-corrected chi connectivity index (χ0v) is 22.3. The Morgan fingerprint density at radius 1 is 0.400 bits per heavy atom. The molecule has 0 N–H and O–H groups in total. The maximum atomic E-state index is 12.0. The van der Waals surface area contributed by atoms with E-state index < -0.39 is 20.2 Å². The summed E-state index contributed by atoms with van der Waals surface area (Å²) < 4.78 is 58.1. The normalized spacial score (nSPS) is 11.9. The van der Waals surface area contributed by atoms with Gasteiger partial charge in [-0.25, -0.2) is 0 Å². The smallest absolute Gasteiger partial charge is 0.309 e. The van der Waals surface area contributed by atoms with E-state index in [-0.39, 0.29) is 11.5 Å². The van der Waals surface area contributed by atoms with E-state index in [1.54, 1.807) is 48.5 Å². The van der Waals surface area contributed by atoms with Gasteiger partial charge in [-0.3, -0.25) is 0 Å². The number of rotatable bonds is 20. The second kappa shape index (κ2) is 16.6. The third-order valence-electron chi connectivity index (χ3n) is 5.72. The van der Waals surface area contributed by atoms with Gasteiger partial charge in [0, 0.05) is 0 Å². The molecule has 2 aromatic rings. The van der Waals surface area contributed by atoms with Crippen LogP contribution in [0.2, 0.25) is 0 Å². The molecule has 0 aliphatic carbocycles. The Labute approximate surface area is 212 Å². The van der Waals surface area contributed by atoms with E-state index in [1.807, 2.05) is 12.1 Å². The fraction of sp³-hybridized carbons (Fsp3) is 0.556. The Balaban J connectivity index is 1.35. The van der Waals surface area contributed by atoms with Crippen molar-refractivity contribution in [3.05, 3.63) is 60.7 Å². The molecular weight excluding hydrogens is 484 g/mol. The van der Waals surface area contributed by atoms with Crippen molar-refractivity contribution in [2.75, 3.05) is 11.5 Å². The molecule has 2 rings (SSSR count). The van der Waals surface area contributed by atoms with Gasteiger partial charge in [0.2, 0.25) is 0 Å². The van der Waals surface area contributed by atoms with E-state index >= 15 is 0 Å². The largest absolute Gasteiger partial charge is 0.382 e. The van der Waals surface area contributed by atoms with Crippen molar-refractivity contribution in [1.29, 1.82) is 0 Å². The predicted octanol–water partition coefficient (Wildman–Crippen LogP) is 6.88. The van der Waals surface area contributed by atoms with Gasteiger partial charge >= 0.3 is 20.2 Å². The first-order valence-electron chi connectivity index (χ1n) is 12.8. The van der Waals surface area contributed by atoms with Gasteiger partial charge in [0.05, 0.1) is 11.5 Å². The minimum atomic E-state index is -3.51. The van der Waals surface area contributed by atoms with Crippen LogP contribution in [0.5, 0.6) is 11.5 Å². The van der Waals surface area contributed by atoms with E-state index in [2.05, 4.69) is 0 Å². The van der Waals surface area contributed by atoms with Crippen molar-refractivity contribution < 1.29 is 25.2 Å². The van der Waals surface area contributed by atoms with Gasteiger partial charge < -0.3 is 8.37 Å². The van der Waals surface area contributed by atoms with Crippen LogP contribution in [0.4, 0.5) is 0 Å². The molecule has 0 saturated heterocycles. The van der Waals surface area contributed by atoms with Gasteiger partial charge in [0.25, 0.3) is 0 Å². The molecule has 0 fully saturated rings. The third kappa shape index (κ3) is 14.8. The summed E-state index contributed by atoms with van der Waals surface area (Å²) in [5.74, 6) is 0.865. The fourth-order valence-corrected chi connectivity index (χ4v) is 5.92. The molecule has 196 valence electrons. The van der Waals surface area contributed by atoms with Crippen molar-refractivity contribution in [2.24, 2.45) is 0 Å². The molecule has 0 saturated carbocycles. The third-order valence-corrected chi connectivity index (χ3v) is 8.19. The van der Waals surface area contributed by atoms with Gasteiger partial charge in [-0.15, -0.1) is 0 Å². The van der Waals surface area contributed by atoms with Crippen LogP contribution in [-0.4, -0.2) is 28.3 Å². The molecule has 0 aliphatic heterocycles. The van der Waals surface area contributed by atoms with Crippen LogP contribution in [0.1, 0.15) is 83.5 Å². The van der Waals surface area contributed by atoms with Crippen molar-refractivity contribution >= 4 is 20.2 Å². The van der Waals surface area contributed by atoms with Gasteiger partial charge in [0.1, 0.15) is 11.5 Å². The summed E-state index contributed by atoms with van der Waals surface area (Å²) in [6.45, 7) is 0. The average molecular weight is 525 g/mol. The van der Waals surface area contributed by atoms with Crippen molar-refractivity contribution in [3.8, 4) is 11.5 Å². The minimum Gasteiger partial charge on any atom is -0.382 e. The molecule has 0 spiro atoms. The van der Waals surface area contributed by atoms with Crippen LogP contribution < -0.4 is 8.37 Å². The molecule has 6 nitrogen and oxygen atoms in total. The maximum Gasteiger partial charge on any atom is 0.309 e. The van der Waals surface area contributed by atoms with Gasteiger partial charge in [-0.05, 0) is 37.1 Å². The topological polar surface area (TPSA) is 86.7 Å². The minimum absolute atomic E-state index is 0.0634. The molecule has 0 heterocycles.